The average Bonchev–Trinajstić information content (AvgIpc) is 2.19. The molecule has 13 heavy (non-hydrogen) atoms. The summed E-state index contributed by atoms with van der Waals surface area (Å²) in [5.74, 6) is 1.03. The van der Waals surface area contributed by atoms with Crippen LogP contribution in [-0.4, -0.2) is 13.1 Å². The molecule has 0 unspecified atom stereocenters. The van der Waals surface area contributed by atoms with E-state index in [9.17, 15) is 0 Å². The third kappa shape index (κ3) is 5.30. The fourth-order valence-corrected chi connectivity index (χ4v) is 2.16. The minimum Gasteiger partial charge on any atom is -0.317 e. The van der Waals surface area contributed by atoms with E-state index in [-0.39, 0.29) is 0 Å². The Bertz CT molecular complexity index is 106. The first kappa shape index (κ1) is 11.0. The van der Waals surface area contributed by atoms with Crippen LogP contribution in [0.4, 0.5) is 0 Å². The van der Waals surface area contributed by atoms with Crippen molar-refractivity contribution in [2.75, 3.05) is 13.1 Å². The third-order valence-corrected chi connectivity index (χ3v) is 3.06. The highest BCUT2D eigenvalue weighted by Gasteiger charge is 2.11. The van der Waals surface area contributed by atoms with E-state index in [1.165, 1.54) is 51.5 Å². The molecule has 1 aliphatic rings. The molecule has 0 amide bonds. The van der Waals surface area contributed by atoms with Crippen molar-refractivity contribution in [3.05, 3.63) is 6.92 Å². The summed E-state index contributed by atoms with van der Waals surface area (Å²) in [6.45, 7) is 6.22. The van der Waals surface area contributed by atoms with E-state index in [1.54, 1.807) is 0 Å². The Hall–Kier alpha value is -0.0400. The van der Waals surface area contributed by atoms with Gasteiger partial charge in [0.1, 0.15) is 0 Å². The number of rotatable bonds is 6. The van der Waals surface area contributed by atoms with Gasteiger partial charge in [0.05, 0.1) is 0 Å². The highest BCUT2D eigenvalue weighted by molar-refractivity contribution is 4.66. The molecule has 1 saturated carbocycles. The maximum absolute atomic E-state index is 3.83. The van der Waals surface area contributed by atoms with Crippen LogP contribution in [0.3, 0.4) is 0 Å². The molecular weight excluding hydrogens is 158 g/mol. The SMILES string of the molecule is [CH2]CCCNCCC1CCCCC1. The molecular formula is C12H24N. The number of unbranched alkanes of at least 4 members (excludes halogenated alkanes) is 1. The van der Waals surface area contributed by atoms with Gasteiger partial charge in [-0.1, -0.05) is 45.4 Å². The minimum atomic E-state index is 1.03. The summed E-state index contributed by atoms with van der Waals surface area (Å²) in [6.07, 6.45) is 11.1. The molecule has 0 spiro atoms. The van der Waals surface area contributed by atoms with Crippen LogP contribution < -0.4 is 5.32 Å². The zero-order valence-corrected chi connectivity index (χ0v) is 8.86. The van der Waals surface area contributed by atoms with Crippen molar-refractivity contribution in [3.63, 3.8) is 0 Å². The van der Waals surface area contributed by atoms with E-state index >= 15 is 0 Å². The Kier molecular flexibility index (Phi) is 6.26. The molecule has 0 aromatic carbocycles. The van der Waals surface area contributed by atoms with Gasteiger partial charge in [-0.15, -0.1) is 0 Å². The van der Waals surface area contributed by atoms with Gasteiger partial charge in [-0.3, -0.25) is 0 Å². The molecule has 0 aliphatic heterocycles. The van der Waals surface area contributed by atoms with Crippen molar-refractivity contribution in [2.45, 2.75) is 51.4 Å². The summed E-state index contributed by atoms with van der Waals surface area (Å²) in [5, 5.41) is 3.49. The normalized spacial score (nSPS) is 19.2. The van der Waals surface area contributed by atoms with E-state index in [4.69, 9.17) is 0 Å². The quantitative estimate of drug-likeness (QED) is 0.622. The molecule has 0 aromatic heterocycles. The van der Waals surface area contributed by atoms with E-state index in [1.807, 2.05) is 0 Å². The highest BCUT2D eigenvalue weighted by Crippen LogP contribution is 2.25. The monoisotopic (exact) mass is 182 g/mol. The molecule has 1 nitrogen and oxygen atoms in total. The van der Waals surface area contributed by atoms with Gasteiger partial charge >= 0.3 is 0 Å². The van der Waals surface area contributed by atoms with Gasteiger partial charge in [0.15, 0.2) is 0 Å². The third-order valence-electron chi connectivity index (χ3n) is 3.06. The van der Waals surface area contributed by atoms with Crippen LogP contribution in [0.25, 0.3) is 0 Å². The molecule has 1 fully saturated rings. The zero-order valence-electron chi connectivity index (χ0n) is 8.86. The van der Waals surface area contributed by atoms with Crippen LogP contribution in [0, 0.1) is 12.8 Å². The molecule has 1 N–H and O–H groups in total. The fourth-order valence-electron chi connectivity index (χ4n) is 2.16. The summed E-state index contributed by atoms with van der Waals surface area (Å²) >= 11 is 0. The molecule has 1 heteroatoms. The molecule has 77 valence electrons. The lowest BCUT2D eigenvalue weighted by molar-refractivity contribution is 0.334. The molecule has 0 bridgehead atoms. The Labute approximate surface area is 83.3 Å². The van der Waals surface area contributed by atoms with Crippen molar-refractivity contribution in [3.8, 4) is 0 Å². The summed E-state index contributed by atoms with van der Waals surface area (Å²) in [5.41, 5.74) is 0. The summed E-state index contributed by atoms with van der Waals surface area (Å²) in [4.78, 5) is 0. The van der Waals surface area contributed by atoms with Crippen LogP contribution in [-0.2, 0) is 0 Å². The highest BCUT2D eigenvalue weighted by atomic mass is 14.8. The molecule has 0 heterocycles. The number of hydrogen-bond acceptors (Lipinski definition) is 1. The smallest absolute Gasteiger partial charge is 0.00463 e. The maximum Gasteiger partial charge on any atom is -0.00463 e. The van der Waals surface area contributed by atoms with Gasteiger partial charge in [-0.25, -0.2) is 0 Å². The van der Waals surface area contributed by atoms with Crippen LogP contribution in [0.15, 0.2) is 0 Å². The van der Waals surface area contributed by atoms with Crippen LogP contribution in [0.2, 0.25) is 0 Å². The molecule has 0 atom stereocenters. The Morgan fingerprint density at radius 3 is 2.54 bits per heavy atom. The molecule has 1 aliphatic carbocycles. The van der Waals surface area contributed by atoms with Crippen LogP contribution in [0.5, 0.6) is 0 Å². The van der Waals surface area contributed by atoms with Gasteiger partial charge in [-0.05, 0) is 31.8 Å². The molecule has 1 rings (SSSR count). The van der Waals surface area contributed by atoms with Gasteiger partial charge in [0, 0.05) is 0 Å². The minimum absolute atomic E-state index is 1.03. The van der Waals surface area contributed by atoms with Crippen molar-refractivity contribution in [1.82, 2.24) is 5.32 Å². The Balaban J connectivity index is 1.86. The first-order valence-corrected chi connectivity index (χ1v) is 5.93. The van der Waals surface area contributed by atoms with Crippen LogP contribution in [0.1, 0.15) is 51.4 Å². The topological polar surface area (TPSA) is 12.0 Å². The van der Waals surface area contributed by atoms with Gasteiger partial charge in [0.2, 0.25) is 0 Å². The lowest BCUT2D eigenvalue weighted by Gasteiger charge is -2.21. The zero-order chi connectivity index (χ0) is 9.36. The standard InChI is InChI=1S/C12H24N/c1-2-3-10-13-11-9-12-7-5-4-6-8-12/h12-13H,1-11H2. The lowest BCUT2D eigenvalue weighted by atomic mass is 9.87. The van der Waals surface area contributed by atoms with E-state index < -0.39 is 0 Å². The second-order valence-corrected chi connectivity index (χ2v) is 4.25. The van der Waals surface area contributed by atoms with Gasteiger partial charge in [0.25, 0.3) is 0 Å². The van der Waals surface area contributed by atoms with Crippen LogP contribution >= 0.6 is 0 Å². The van der Waals surface area contributed by atoms with Crippen molar-refractivity contribution >= 4 is 0 Å². The predicted molar refractivity (Wildman–Crippen MR) is 58.7 cm³/mol. The predicted octanol–water partition coefficient (Wildman–Crippen LogP) is 3.16. The molecule has 0 aromatic rings. The van der Waals surface area contributed by atoms with E-state index in [0.29, 0.717) is 0 Å². The average molecular weight is 182 g/mol. The summed E-state index contributed by atoms with van der Waals surface area (Å²) < 4.78 is 0. The van der Waals surface area contributed by atoms with E-state index in [2.05, 4.69) is 12.2 Å². The first-order chi connectivity index (χ1) is 6.43. The van der Waals surface area contributed by atoms with Crippen molar-refractivity contribution in [1.29, 1.82) is 0 Å². The summed E-state index contributed by atoms with van der Waals surface area (Å²) in [6, 6.07) is 0. The number of nitrogens with one attached hydrogen (secondary N) is 1. The Morgan fingerprint density at radius 2 is 1.85 bits per heavy atom. The van der Waals surface area contributed by atoms with Gasteiger partial charge < -0.3 is 5.32 Å². The van der Waals surface area contributed by atoms with Crippen molar-refractivity contribution < 1.29 is 0 Å². The van der Waals surface area contributed by atoms with Crippen molar-refractivity contribution in [2.24, 2.45) is 5.92 Å². The largest absolute Gasteiger partial charge is 0.317 e. The van der Waals surface area contributed by atoms with E-state index in [0.717, 1.165) is 18.9 Å². The Morgan fingerprint density at radius 1 is 1.08 bits per heavy atom. The van der Waals surface area contributed by atoms with Gasteiger partial charge in [-0.2, -0.15) is 0 Å². The maximum atomic E-state index is 3.83. The number of hydrogen-bond donors (Lipinski definition) is 1. The second kappa shape index (κ2) is 7.37. The second-order valence-electron chi connectivity index (χ2n) is 4.25. The summed E-state index contributed by atoms with van der Waals surface area (Å²) in [7, 11) is 0. The fraction of sp³-hybridized carbons (Fsp3) is 0.917. The molecule has 0 saturated heterocycles. The molecule has 1 radical (unpaired) electrons. The lowest BCUT2D eigenvalue weighted by Crippen LogP contribution is -2.20. The first-order valence-electron chi connectivity index (χ1n) is 5.93.